The van der Waals surface area contributed by atoms with Crippen LogP contribution in [0.3, 0.4) is 0 Å². The smallest absolute Gasteiger partial charge is 0.0657 e. The van der Waals surface area contributed by atoms with Gasteiger partial charge in [0, 0.05) is 53.9 Å². The lowest BCUT2D eigenvalue weighted by atomic mass is 9.77. The van der Waals surface area contributed by atoms with Gasteiger partial charge in [-0.2, -0.15) is 0 Å². The van der Waals surface area contributed by atoms with Gasteiger partial charge in [0.05, 0.1) is 22.3 Å². The molecule has 72 heavy (non-hydrogen) atoms. The van der Waals surface area contributed by atoms with Gasteiger partial charge >= 0.3 is 0 Å². The SMILES string of the molecule is [2H]c1c([2H])c(Br)c([2H])c(N(c2cc(-c3ccc(C(C)(C)C)cc3C(C)(C)C)cc(N(c3c(-c4ccccc4)cccc3-c3ccccc3)c3c([2H])c([2H])c([2H])c(Br)c3[2H])c2)c2c(-c3ccccc3)cccc2-c2ccccc2)c1[2H]. The zero-order valence-corrected chi connectivity index (χ0v) is 44.3. The number of para-hydroxylation sites is 2. The quantitative estimate of drug-likeness (QED) is 0.127. The normalized spacial score (nSPS) is 13.2. The molecule has 10 aromatic rings. The van der Waals surface area contributed by atoms with E-state index in [1.807, 2.05) is 186 Å². The van der Waals surface area contributed by atoms with Crippen molar-refractivity contribution in [1.29, 1.82) is 0 Å². The van der Waals surface area contributed by atoms with Crippen LogP contribution in [0.1, 0.15) is 63.6 Å². The Hall–Kier alpha value is -7.24. The molecule has 0 radical (unpaired) electrons. The van der Waals surface area contributed by atoms with Gasteiger partial charge in [-0.25, -0.2) is 0 Å². The van der Waals surface area contributed by atoms with E-state index in [0.29, 0.717) is 22.7 Å². The Bertz CT molecular complexity index is 3580. The van der Waals surface area contributed by atoms with E-state index in [9.17, 15) is 8.22 Å². The van der Waals surface area contributed by atoms with E-state index in [4.69, 9.17) is 2.74 Å². The fourth-order valence-corrected chi connectivity index (χ4v) is 10.0. The Morgan fingerprint density at radius 1 is 0.347 bits per heavy atom. The minimum atomic E-state index is -0.414. The highest BCUT2D eigenvalue weighted by atomic mass is 79.9. The van der Waals surface area contributed by atoms with Crippen molar-refractivity contribution in [3.05, 3.63) is 263 Å². The second-order valence-electron chi connectivity index (χ2n) is 19.9. The summed E-state index contributed by atoms with van der Waals surface area (Å²) in [5, 5.41) is 0. The van der Waals surface area contributed by atoms with E-state index in [1.165, 1.54) is 0 Å². The van der Waals surface area contributed by atoms with Crippen molar-refractivity contribution in [2.75, 3.05) is 9.80 Å². The summed E-state index contributed by atoms with van der Waals surface area (Å²) in [6, 6.07) is 62.1. The Labute approximate surface area is 454 Å². The number of benzene rings is 10. The van der Waals surface area contributed by atoms with Crippen LogP contribution >= 0.6 is 31.9 Å². The number of anilines is 6. The third kappa shape index (κ3) is 10.1. The molecule has 0 amide bonds. The monoisotopic (exact) mass is 1070 g/mol. The van der Waals surface area contributed by atoms with Crippen LogP contribution in [0.4, 0.5) is 34.1 Å². The largest absolute Gasteiger partial charge is 0.309 e. The first-order valence-corrected chi connectivity index (χ1v) is 25.7. The Morgan fingerprint density at radius 2 is 0.722 bits per heavy atom. The lowest BCUT2D eigenvalue weighted by Crippen LogP contribution is -2.18. The maximum atomic E-state index is 10.0. The van der Waals surface area contributed by atoms with E-state index in [0.717, 1.165) is 66.8 Å². The summed E-state index contributed by atoms with van der Waals surface area (Å²) in [5.41, 5.74) is 11.8. The van der Waals surface area contributed by atoms with E-state index in [1.54, 1.807) is 0 Å². The molecule has 0 heterocycles. The fraction of sp³-hybridized carbons (Fsp3) is 0.118. The maximum Gasteiger partial charge on any atom is 0.0657 e. The summed E-state index contributed by atoms with van der Waals surface area (Å²) in [5.74, 6) is 0. The molecule has 2 nitrogen and oxygen atoms in total. The Balaban J connectivity index is 1.47. The molecule has 0 aliphatic heterocycles. The molecule has 0 spiro atoms. The first-order valence-electron chi connectivity index (χ1n) is 28.1. The summed E-state index contributed by atoms with van der Waals surface area (Å²) in [6.07, 6.45) is 0. The topological polar surface area (TPSA) is 6.48 Å². The summed E-state index contributed by atoms with van der Waals surface area (Å²) < 4.78 is 76.8. The third-order valence-electron chi connectivity index (χ3n) is 12.9. The van der Waals surface area contributed by atoms with Gasteiger partial charge in [-0.15, -0.1) is 0 Å². The number of nitrogens with zero attached hydrogens (tertiary/aromatic N) is 2. The molecule has 0 atom stereocenters. The summed E-state index contributed by atoms with van der Waals surface area (Å²) in [6.45, 7) is 13.2. The van der Waals surface area contributed by atoms with Crippen LogP contribution in [0, 0.1) is 0 Å². The van der Waals surface area contributed by atoms with Crippen LogP contribution in [-0.2, 0) is 10.8 Å². The third-order valence-corrected chi connectivity index (χ3v) is 13.7. The molecule has 0 saturated heterocycles. The molecule has 0 saturated carbocycles. The van der Waals surface area contributed by atoms with Gasteiger partial charge in [0.25, 0.3) is 0 Å². The predicted molar refractivity (Wildman–Crippen MR) is 316 cm³/mol. The van der Waals surface area contributed by atoms with Crippen molar-refractivity contribution < 1.29 is 11.0 Å². The van der Waals surface area contributed by atoms with E-state index >= 15 is 0 Å². The zero-order valence-electron chi connectivity index (χ0n) is 49.1. The number of hydrogen-bond acceptors (Lipinski definition) is 2. The van der Waals surface area contributed by atoms with Crippen LogP contribution in [-0.4, -0.2) is 0 Å². The average Bonchev–Trinajstić information content (AvgIpc) is 3.67. The maximum absolute atomic E-state index is 10.0. The van der Waals surface area contributed by atoms with Gasteiger partial charge < -0.3 is 9.80 Å². The molecular formula is C68H58Br2N2. The van der Waals surface area contributed by atoms with Crippen molar-refractivity contribution >= 4 is 66.0 Å². The summed E-state index contributed by atoms with van der Waals surface area (Å²) in [7, 11) is 0. The molecule has 0 unspecified atom stereocenters. The van der Waals surface area contributed by atoms with Gasteiger partial charge in [0.2, 0.25) is 0 Å². The van der Waals surface area contributed by atoms with Crippen LogP contribution < -0.4 is 9.80 Å². The minimum Gasteiger partial charge on any atom is -0.309 e. The van der Waals surface area contributed by atoms with Crippen molar-refractivity contribution in [3.8, 4) is 55.6 Å². The zero-order chi connectivity index (χ0) is 56.9. The van der Waals surface area contributed by atoms with Crippen molar-refractivity contribution in [2.24, 2.45) is 0 Å². The molecule has 0 aromatic heterocycles. The van der Waals surface area contributed by atoms with Gasteiger partial charge in [0.1, 0.15) is 0 Å². The van der Waals surface area contributed by atoms with Crippen LogP contribution in [0.15, 0.2) is 251 Å². The highest BCUT2D eigenvalue weighted by molar-refractivity contribution is 9.10. The number of rotatable bonds is 11. The minimum absolute atomic E-state index is 0.0407. The fourth-order valence-electron chi connectivity index (χ4n) is 9.45. The Morgan fingerprint density at radius 3 is 1.07 bits per heavy atom. The lowest BCUT2D eigenvalue weighted by Gasteiger charge is -2.35. The molecular weight excluding hydrogens is 1000 g/mol. The van der Waals surface area contributed by atoms with Gasteiger partial charge in [-0.05, 0) is 110 Å². The molecule has 10 aromatic carbocycles. The molecule has 0 fully saturated rings. The molecule has 4 heteroatoms. The standard InChI is InChI=1S/C68H58Br2N2/c1-67(2,3)52-39-40-59(64(43-52)68(4,5)6)51-41-57(71(55-33-19-31-53(69)44-55)65-60(47-23-11-7-12-24-47)35-21-36-61(65)48-25-13-8-14-26-48)46-58(42-51)72(56-34-20-32-54(70)45-56)66-62(49-27-15-9-16-28-49)37-22-38-63(66)50-29-17-10-18-30-50/h7-46H,1-6H3/i19D,20D,31D,32D,33D,34D,44D,45D. The van der Waals surface area contributed by atoms with Crippen LogP contribution in [0.25, 0.3) is 55.6 Å². The molecule has 0 aliphatic carbocycles. The lowest BCUT2D eigenvalue weighted by molar-refractivity contribution is 0.570. The molecule has 10 rings (SSSR count). The van der Waals surface area contributed by atoms with Gasteiger partial charge in [-0.3, -0.25) is 0 Å². The first kappa shape index (κ1) is 39.4. The van der Waals surface area contributed by atoms with E-state index in [-0.39, 0.29) is 74.1 Å². The number of hydrogen-bond donors (Lipinski definition) is 0. The van der Waals surface area contributed by atoms with Crippen LogP contribution in [0.2, 0.25) is 0 Å². The van der Waals surface area contributed by atoms with Crippen molar-refractivity contribution in [1.82, 2.24) is 0 Å². The summed E-state index contributed by atoms with van der Waals surface area (Å²) >= 11 is 7.12. The van der Waals surface area contributed by atoms with E-state index in [2.05, 4.69) is 91.6 Å². The van der Waals surface area contributed by atoms with Crippen molar-refractivity contribution in [3.63, 3.8) is 0 Å². The predicted octanol–water partition coefficient (Wildman–Crippen LogP) is 21.1. The number of halogens is 2. The second-order valence-corrected chi connectivity index (χ2v) is 21.4. The average molecular weight is 1070 g/mol. The van der Waals surface area contributed by atoms with Crippen LogP contribution in [0.5, 0.6) is 0 Å². The molecule has 0 bridgehead atoms. The highest BCUT2D eigenvalue weighted by Crippen LogP contribution is 2.53. The van der Waals surface area contributed by atoms with Gasteiger partial charge in [0.15, 0.2) is 0 Å². The summed E-state index contributed by atoms with van der Waals surface area (Å²) in [4.78, 5) is 3.76. The second kappa shape index (κ2) is 20.5. The van der Waals surface area contributed by atoms with E-state index < -0.39 is 5.41 Å². The first-order chi connectivity index (χ1) is 38.2. The molecule has 354 valence electrons. The molecule has 0 aliphatic rings. The molecule has 0 N–H and O–H groups in total. The Kier molecular flexibility index (Phi) is 11.2. The van der Waals surface area contributed by atoms with Crippen molar-refractivity contribution in [2.45, 2.75) is 52.4 Å². The highest BCUT2D eigenvalue weighted by Gasteiger charge is 2.29. The van der Waals surface area contributed by atoms with Gasteiger partial charge in [-0.1, -0.05) is 261 Å².